The predicted octanol–water partition coefficient (Wildman–Crippen LogP) is 1.90. The molecule has 2 N–H and O–H groups in total. The molecule has 0 amide bonds. The second-order valence-electron chi connectivity index (χ2n) is 3.02. The molecule has 1 aromatic carbocycles. The van der Waals surface area contributed by atoms with Crippen molar-refractivity contribution in [2.75, 3.05) is 19.0 Å². The first-order chi connectivity index (χ1) is 7.76. The molecule has 0 aliphatic carbocycles. The van der Waals surface area contributed by atoms with Gasteiger partial charge in [0, 0.05) is 18.3 Å². The van der Waals surface area contributed by atoms with Crippen LogP contribution in [0, 0.1) is 11.3 Å². The van der Waals surface area contributed by atoms with Crippen molar-refractivity contribution in [3.63, 3.8) is 0 Å². The molecule has 0 fully saturated rings. The first kappa shape index (κ1) is 12.3. The molecule has 1 rings (SSSR count). The molecular weight excluding hydrogens is 222 g/mol. The van der Waals surface area contributed by atoms with Crippen molar-refractivity contribution in [3.05, 3.63) is 24.3 Å². The van der Waals surface area contributed by atoms with Crippen LogP contribution >= 0.6 is 12.2 Å². The molecule has 0 atom stereocenters. The highest BCUT2D eigenvalue weighted by Crippen LogP contribution is 2.16. The average Bonchev–Trinajstić information content (AvgIpc) is 2.29. The summed E-state index contributed by atoms with van der Waals surface area (Å²) < 4.78 is 5.09. The van der Waals surface area contributed by atoms with E-state index in [0.717, 1.165) is 11.4 Å². The highest BCUT2D eigenvalue weighted by atomic mass is 32.1. The Hall–Kier alpha value is -1.80. The number of nitrogens with zero attached hydrogens (tertiary/aromatic N) is 1. The summed E-state index contributed by atoms with van der Waals surface area (Å²) in [5, 5.41) is 14.8. The fraction of sp³-hybridized carbons (Fsp3) is 0.273. The fourth-order valence-corrected chi connectivity index (χ4v) is 1.33. The molecule has 84 valence electrons. The minimum absolute atomic E-state index is 0.430. The van der Waals surface area contributed by atoms with Gasteiger partial charge in [-0.1, -0.05) is 6.07 Å². The minimum atomic E-state index is 0.430. The van der Waals surface area contributed by atoms with Crippen LogP contribution in [-0.2, 0) is 0 Å². The molecule has 0 aliphatic heterocycles. The second kappa shape index (κ2) is 6.64. The average molecular weight is 235 g/mol. The highest BCUT2D eigenvalue weighted by Gasteiger charge is 1.98. The van der Waals surface area contributed by atoms with E-state index in [-0.39, 0.29) is 0 Å². The van der Waals surface area contributed by atoms with E-state index in [1.165, 1.54) is 0 Å². The molecule has 1 aromatic rings. The predicted molar refractivity (Wildman–Crippen MR) is 67.4 cm³/mol. The zero-order chi connectivity index (χ0) is 11.8. The van der Waals surface area contributed by atoms with Crippen molar-refractivity contribution in [3.8, 4) is 11.8 Å². The molecule has 5 heteroatoms. The van der Waals surface area contributed by atoms with E-state index in [2.05, 4.69) is 10.6 Å². The lowest BCUT2D eigenvalue weighted by atomic mass is 10.3. The molecule has 4 nitrogen and oxygen atoms in total. The summed E-state index contributed by atoms with van der Waals surface area (Å²) in [4.78, 5) is 0. The molecule has 0 saturated carbocycles. The van der Waals surface area contributed by atoms with Crippen molar-refractivity contribution < 1.29 is 4.74 Å². The van der Waals surface area contributed by atoms with Crippen LogP contribution < -0.4 is 15.4 Å². The first-order valence-electron chi connectivity index (χ1n) is 4.82. The van der Waals surface area contributed by atoms with Gasteiger partial charge in [-0.05, 0) is 24.4 Å². The van der Waals surface area contributed by atoms with Gasteiger partial charge in [-0.15, -0.1) is 0 Å². The van der Waals surface area contributed by atoms with Gasteiger partial charge in [-0.2, -0.15) is 5.26 Å². The van der Waals surface area contributed by atoms with E-state index in [9.17, 15) is 0 Å². The van der Waals surface area contributed by atoms with Crippen LogP contribution in [0.5, 0.6) is 5.75 Å². The van der Waals surface area contributed by atoms with E-state index < -0.39 is 0 Å². The van der Waals surface area contributed by atoms with E-state index >= 15 is 0 Å². The topological polar surface area (TPSA) is 57.1 Å². The summed E-state index contributed by atoms with van der Waals surface area (Å²) in [7, 11) is 1.61. The van der Waals surface area contributed by atoms with Gasteiger partial charge in [0.1, 0.15) is 5.75 Å². The van der Waals surface area contributed by atoms with E-state index in [1.54, 1.807) is 7.11 Å². The zero-order valence-electron chi connectivity index (χ0n) is 8.99. The number of rotatable bonds is 4. The van der Waals surface area contributed by atoms with E-state index in [1.807, 2.05) is 30.3 Å². The monoisotopic (exact) mass is 235 g/mol. The van der Waals surface area contributed by atoms with Gasteiger partial charge in [0.2, 0.25) is 0 Å². The molecule has 0 radical (unpaired) electrons. The fourth-order valence-electron chi connectivity index (χ4n) is 1.11. The quantitative estimate of drug-likeness (QED) is 0.616. The molecular formula is C11H13N3OS. The zero-order valence-corrected chi connectivity index (χ0v) is 9.80. The van der Waals surface area contributed by atoms with Gasteiger partial charge in [-0.3, -0.25) is 0 Å². The molecule has 0 unspecified atom stereocenters. The van der Waals surface area contributed by atoms with Crippen molar-refractivity contribution in [1.82, 2.24) is 5.32 Å². The summed E-state index contributed by atoms with van der Waals surface area (Å²) in [6, 6.07) is 9.50. The van der Waals surface area contributed by atoms with Gasteiger partial charge in [0.05, 0.1) is 19.6 Å². The van der Waals surface area contributed by atoms with Crippen molar-refractivity contribution in [2.24, 2.45) is 0 Å². The van der Waals surface area contributed by atoms with Crippen molar-refractivity contribution in [2.45, 2.75) is 6.42 Å². The maximum atomic E-state index is 8.37. The van der Waals surface area contributed by atoms with Crippen LogP contribution in [0.4, 0.5) is 5.69 Å². The van der Waals surface area contributed by atoms with Gasteiger partial charge in [0.15, 0.2) is 5.11 Å². The summed E-state index contributed by atoms with van der Waals surface area (Å²) in [6.07, 6.45) is 0.430. The van der Waals surface area contributed by atoms with Crippen LogP contribution in [0.3, 0.4) is 0 Å². The SMILES string of the molecule is COc1cccc(NC(=S)NCCC#N)c1. The van der Waals surface area contributed by atoms with E-state index in [4.69, 9.17) is 22.2 Å². The Bertz CT molecular complexity index is 400. The maximum Gasteiger partial charge on any atom is 0.170 e. The lowest BCUT2D eigenvalue weighted by Crippen LogP contribution is -2.29. The Kier molecular flexibility index (Phi) is 5.09. The Morgan fingerprint density at radius 1 is 1.56 bits per heavy atom. The smallest absolute Gasteiger partial charge is 0.170 e. The molecule has 0 spiro atoms. The van der Waals surface area contributed by atoms with Crippen LogP contribution in [0.25, 0.3) is 0 Å². The third-order valence-electron chi connectivity index (χ3n) is 1.85. The van der Waals surface area contributed by atoms with Gasteiger partial charge in [0.25, 0.3) is 0 Å². The van der Waals surface area contributed by atoms with Crippen LogP contribution in [0.1, 0.15) is 6.42 Å². The van der Waals surface area contributed by atoms with E-state index in [0.29, 0.717) is 18.1 Å². The molecule has 0 bridgehead atoms. The standard InChI is InChI=1S/C11H13N3OS/c1-15-10-5-2-4-9(8-10)14-11(16)13-7-3-6-12/h2,4-5,8H,3,7H2,1H3,(H2,13,14,16). The second-order valence-corrected chi connectivity index (χ2v) is 3.43. The van der Waals surface area contributed by atoms with Crippen LogP contribution in [0.2, 0.25) is 0 Å². The molecule has 0 saturated heterocycles. The Balaban J connectivity index is 2.46. The summed E-state index contributed by atoms with van der Waals surface area (Å²) in [5.74, 6) is 0.768. The van der Waals surface area contributed by atoms with Crippen molar-refractivity contribution >= 4 is 23.0 Å². The molecule has 0 aliphatic rings. The Morgan fingerprint density at radius 3 is 3.06 bits per heavy atom. The lowest BCUT2D eigenvalue weighted by Gasteiger charge is -2.09. The number of ether oxygens (including phenoxy) is 1. The molecule has 0 heterocycles. The number of nitriles is 1. The summed E-state index contributed by atoms with van der Waals surface area (Å²) in [6.45, 7) is 0.548. The highest BCUT2D eigenvalue weighted by molar-refractivity contribution is 7.80. The number of nitrogens with one attached hydrogen (secondary N) is 2. The number of hydrogen-bond acceptors (Lipinski definition) is 3. The van der Waals surface area contributed by atoms with Gasteiger partial charge >= 0.3 is 0 Å². The lowest BCUT2D eigenvalue weighted by molar-refractivity contribution is 0.415. The van der Waals surface area contributed by atoms with Gasteiger partial charge in [-0.25, -0.2) is 0 Å². The van der Waals surface area contributed by atoms with Crippen LogP contribution in [0.15, 0.2) is 24.3 Å². The Morgan fingerprint density at radius 2 is 2.38 bits per heavy atom. The summed E-state index contributed by atoms with van der Waals surface area (Å²) in [5.41, 5.74) is 0.855. The third kappa shape index (κ3) is 4.15. The number of thiocarbonyl (C=S) groups is 1. The van der Waals surface area contributed by atoms with Crippen molar-refractivity contribution in [1.29, 1.82) is 5.26 Å². The number of hydrogen-bond donors (Lipinski definition) is 2. The molecule has 0 aromatic heterocycles. The van der Waals surface area contributed by atoms with Gasteiger partial charge < -0.3 is 15.4 Å². The molecule has 16 heavy (non-hydrogen) atoms. The number of anilines is 1. The number of methoxy groups -OCH3 is 1. The maximum absolute atomic E-state index is 8.37. The largest absolute Gasteiger partial charge is 0.497 e. The van der Waals surface area contributed by atoms with Crippen LogP contribution in [-0.4, -0.2) is 18.8 Å². The number of benzene rings is 1. The Labute approximate surface area is 100 Å². The first-order valence-corrected chi connectivity index (χ1v) is 5.23. The summed E-state index contributed by atoms with van der Waals surface area (Å²) >= 11 is 5.06. The minimum Gasteiger partial charge on any atom is -0.497 e. The third-order valence-corrected chi connectivity index (χ3v) is 2.10. The normalized spacial score (nSPS) is 9.00.